The molecule has 21 heavy (non-hydrogen) atoms. The zero-order valence-corrected chi connectivity index (χ0v) is 14.4. The van der Waals surface area contributed by atoms with E-state index in [1.54, 1.807) is 0 Å². The van der Waals surface area contributed by atoms with E-state index in [4.69, 9.17) is 0 Å². The van der Waals surface area contributed by atoms with Gasteiger partial charge < -0.3 is 5.32 Å². The van der Waals surface area contributed by atoms with Gasteiger partial charge in [0.25, 0.3) is 0 Å². The van der Waals surface area contributed by atoms with Crippen molar-refractivity contribution in [2.45, 2.75) is 32.7 Å². The Bertz CT molecular complexity index is 631. The van der Waals surface area contributed by atoms with Gasteiger partial charge in [-0.25, -0.2) is 8.78 Å². The number of hydrogen-bond donors (Lipinski definition) is 1. The van der Waals surface area contributed by atoms with Crippen LogP contribution in [0.1, 0.15) is 48.9 Å². The maximum atomic E-state index is 14.4. The van der Waals surface area contributed by atoms with E-state index in [-0.39, 0.29) is 16.0 Å². The minimum Gasteiger partial charge on any atom is -0.306 e. The third kappa shape index (κ3) is 3.30. The van der Waals surface area contributed by atoms with E-state index in [9.17, 15) is 8.78 Å². The van der Waals surface area contributed by atoms with Crippen molar-refractivity contribution < 1.29 is 8.78 Å². The molecule has 114 valence electrons. The molecule has 1 aromatic carbocycles. The summed E-state index contributed by atoms with van der Waals surface area (Å²) in [5, 5.41) is 7.23. The Morgan fingerprint density at radius 3 is 2.67 bits per heavy atom. The summed E-state index contributed by atoms with van der Waals surface area (Å²) in [7, 11) is 0. The van der Waals surface area contributed by atoms with Gasteiger partial charge in [0.15, 0.2) is 0 Å². The first-order valence-electron chi connectivity index (χ1n) is 6.66. The van der Waals surface area contributed by atoms with Crippen molar-refractivity contribution in [3.63, 3.8) is 0 Å². The second-order valence-electron chi connectivity index (χ2n) is 4.92. The van der Waals surface area contributed by atoms with Gasteiger partial charge in [0.05, 0.1) is 21.1 Å². The van der Waals surface area contributed by atoms with Gasteiger partial charge in [-0.3, -0.25) is 0 Å². The summed E-state index contributed by atoms with van der Waals surface area (Å²) in [6, 6.07) is 2.03. The molecule has 1 N–H and O–H groups in total. The fourth-order valence-electron chi connectivity index (χ4n) is 2.14. The zero-order chi connectivity index (χ0) is 15.6. The largest absolute Gasteiger partial charge is 0.306 e. The van der Waals surface area contributed by atoms with Gasteiger partial charge in [-0.1, -0.05) is 25.3 Å². The third-order valence-corrected chi connectivity index (χ3v) is 4.54. The molecule has 0 radical (unpaired) electrons. The Balaban J connectivity index is 2.59. The molecular formula is C14H16BrF2N3S. The molecule has 7 heteroatoms. The molecule has 1 atom stereocenters. The van der Waals surface area contributed by atoms with E-state index in [0.717, 1.165) is 10.6 Å². The van der Waals surface area contributed by atoms with Crippen LogP contribution in [0.15, 0.2) is 16.6 Å². The molecule has 2 aromatic rings. The monoisotopic (exact) mass is 375 g/mol. The van der Waals surface area contributed by atoms with Gasteiger partial charge in [-0.2, -0.15) is 0 Å². The van der Waals surface area contributed by atoms with Crippen molar-refractivity contribution in [3.05, 3.63) is 44.4 Å². The van der Waals surface area contributed by atoms with Crippen LogP contribution in [0.3, 0.4) is 0 Å². The number of benzene rings is 1. The highest BCUT2D eigenvalue weighted by Gasteiger charge is 2.28. The zero-order valence-electron chi connectivity index (χ0n) is 12.0. The number of rotatable bonds is 5. The van der Waals surface area contributed by atoms with Crippen LogP contribution in [0.4, 0.5) is 8.78 Å². The lowest BCUT2D eigenvalue weighted by atomic mass is 9.99. The van der Waals surface area contributed by atoms with Gasteiger partial charge in [-0.05, 0) is 52.1 Å². The molecule has 2 rings (SSSR count). The van der Waals surface area contributed by atoms with Crippen molar-refractivity contribution in [2.24, 2.45) is 0 Å². The lowest BCUT2D eigenvalue weighted by Crippen LogP contribution is -2.24. The van der Waals surface area contributed by atoms with E-state index in [2.05, 4.69) is 30.8 Å². The molecule has 0 aliphatic carbocycles. The van der Waals surface area contributed by atoms with Crippen LogP contribution in [0.2, 0.25) is 0 Å². The van der Waals surface area contributed by atoms with E-state index in [1.807, 2.05) is 20.8 Å². The highest BCUT2D eigenvalue weighted by Crippen LogP contribution is 2.35. The minimum absolute atomic E-state index is 0.000764. The minimum atomic E-state index is -0.593. The van der Waals surface area contributed by atoms with E-state index < -0.39 is 17.7 Å². The summed E-state index contributed by atoms with van der Waals surface area (Å²) in [4.78, 5) is 0.753. The Hall–Kier alpha value is -0.920. The summed E-state index contributed by atoms with van der Waals surface area (Å²) < 4.78 is 32.8. The number of nitrogens with zero attached hydrogens (tertiary/aromatic N) is 2. The third-order valence-electron chi connectivity index (χ3n) is 3.13. The van der Waals surface area contributed by atoms with Crippen LogP contribution in [-0.4, -0.2) is 16.1 Å². The van der Waals surface area contributed by atoms with Crippen LogP contribution in [0.5, 0.6) is 0 Å². The van der Waals surface area contributed by atoms with Gasteiger partial charge >= 0.3 is 0 Å². The quantitative estimate of drug-likeness (QED) is 0.786. The average molecular weight is 376 g/mol. The first-order chi connectivity index (χ1) is 9.97. The highest BCUT2D eigenvalue weighted by molar-refractivity contribution is 9.10. The van der Waals surface area contributed by atoms with E-state index >= 15 is 0 Å². The number of nitrogens with one attached hydrogen (secondary N) is 1. The van der Waals surface area contributed by atoms with Crippen molar-refractivity contribution in [1.29, 1.82) is 0 Å². The lowest BCUT2D eigenvalue weighted by Gasteiger charge is -2.20. The number of halogens is 3. The SMILES string of the molecule is CCNC(c1snnc1C(C)C)c1c(F)ccc(Br)c1F. The molecule has 0 aliphatic heterocycles. The van der Waals surface area contributed by atoms with Crippen LogP contribution in [0, 0.1) is 11.6 Å². The molecule has 0 fully saturated rings. The first kappa shape index (κ1) is 16.5. The van der Waals surface area contributed by atoms with Crippen molar-refractivity contribution >= 4 is 27.5 Å². The number of hydrogen-bond acceptors (Lipinski definition) is 4. The Morgan fingerprint density at radius 1 is 1.33 bits per heavy atom. The van der Waals surface area contributed by atoms with Crippen LogP contribution in [-0.2, 0) is 0 Å². The molecule has 0 amide bonds. The summed E-state index contributed by atoms with van der Waals surface area (Å²) in [6.45, 7) is 6.43. The summed E-state index contributed by atoms with van der Waals surface area (Å²) in [6.07, 6.45) is 0. The Kier molecular flexibility index (Phi) is 5.40. The molecule has 0 saturated heterocycles. The predicted molar refractivity (Wildman–Crippen MR) is 83.6 cm³/mol. The predicted octanol–water partition coefficient (Wildman–Crippen LogP) is 4.40. The molecule has 3 nitrogen and oxygen atoms in total. The molecule has 0 spiro atoms. The van der Waals surface area contributed by atoms with Gasteiger partial charge in [-0.15, -0.1) is 5.10 Å². The van der Waals surface area contributed by atoms with E-state index in [1.165, 1.54) is 23.7 Å². The van der Waals surface area contributed by atoms with Gasteiger partial charge in [0.1, 0.15) is 11.6 Å². The van der Waals surface area contributed by atoms with Crippen molar-refractivity contribution in [3.8, 4) is 0 Å². The van der Waals surface area contributed by atoms with Crippen LogP contribution >= 0.6 is 27.5 Å². The molecule has 1 aromatic heterocycles. The second kappa shape index (κ2) is 6.89. The van der Waals surface area contributed by atoms with Crippen molar-refractivity contribution in [2.75, 3.05) is 6.54 Å². The molecular weight excluding hydrogens is 360 g/mol. The fraction of sp³-hybridized carbons (Fsp3) is 0.429. The lowest BCUT2D eigenvalue weighted by molar-refractivity contribution is 0.507. The Morgan fingerprint density at radius 2 is 2.05 bits per heavy atom. The molecule has 1 unspecified atom stereocenters. The molecule has 0 bridgehead atoms. The summed E-state index contributed by atoms with van der Waals surface area (Å²) in [5.41, 5.74) is 0.768. The summed E-state index contributed by atoms with van der Waals surface area (Å²) in [5.74, 6) is -1.04. The van der Waals surface area contributed by atoms with E-state index in [0.29, 0.717) is 6.54 Å². The molecule has 1 heterocycles. The highest BCUT2D eigenvalue weighted by atomic mass is 79.9. The smallest absolute Gasteiger partial charge is 0.145 e. The van der Waals surface area contributed by atoms with Gasteiger partial charge in [0, 0.05) is 5.56 Å². The topological polar surface area (TPSA) is 37.8 Å². The Labute approximate surface area is 135 Å². The average Bonchev–Trinajstić information content (AvgIpc) is 2.91. The second-order valence-corrected chi connectivity index (χ2v) is 6.56. The van der Waals surface area contributed by atoms with Crippen molar-refractivity contribution in [1.82, 2.24) is 14.9 Å². The maximum Gasteiger partial charge on any atom is 0.145 e. The number of aromatic nitrogens is 2. The maximum absolute atomic E-state index is 14.4. The molecule has 0 saturated carbocycles. The standard InChI is InChI=1S/C14H16BrF2N3S/c1-4-18-13(14-12(7(2)3)19-20-21-14)10-9(16)6-5-8(15)11(10)17/h5-7,13,18H,4H2,1-3H3. The normalized spacial score (nSPS) is 12.9. The van der Waals surface area contributed by atoms with Crippen LogP contribution in [0.25, 0.3) is 0 Å². The van der Waals surface area contributed by atoms with Gasteiger partial charge in [0.2, 0.25) is 0 Å². The molecule has 0 aliphatic rings. The summed E-state index contributed by atoms with van der Waals surface area (Å²) >= 11 is 4.28. The van der Waals surface area contributed by atoms with Crippen LogP contribution < -0.4 is 5.32 Å². The first-order valence-corrected chi connectivity index (χ1v) is 8.22. The fourth-order valence-corrected chi connectivity index (χ4v) is 3.38.